The molecule has 3 N–H and O–H groups in total. The van der Waals surface area contributed by atoms with Gasteiger partial charge in [0, 0.05) is 10.7 Å². The Labute approximate surface area is 147 Å². The Bertz CT molecular complexity index is 803. The van der Waals surface area contributed by atoms with Crippen LogP contribution in [0.2, 0.25) is 5.02 Å². The van der Waals surface area contributed by atoms with E-state index in [4.69, 9.17) is 26.6 Å². The second-order valence-corrected chi connectivity index (χ2v) is 5.55. The summed E-state index contributed by atoms with van der Waals surface area (Å²) in [5.74, 6) is -2.79. The van der Waals surface area contributed by atoms with Crippen LogP contribution in [-0.4, -0.2) is 34.2 Å². The lowest BCUT2D eigenvalue weighted by Crippen LogP contribution is -2.30. The van der Waals surface area contributed by atoms with E-state index in [2.05, 4.69) is 5.32 Å². The first kappa shape index (κ1) is 18.3. The van der Waals surface area contributed by atoms with Crippen molar-refractivity contribution in [1.82, 2.24) is 0 Å². The number of halogens is 1. The molecule has 0 aliphatic rings. The molecule has 0 bridgehead atoms. The highest BCUT2D eigenvalue weighted by molar-refractivity contribution is 6.30. The highest BCUT2D eigenvalue weighted by Gasteiger charge is 2.17. The smallest absolute Gasteiger partial charge is 0.335 e. The van der Waals surface area contributed by atoms with Crippen LogP contribution in [0.5, 0.6) is 5.75 Å². The molecule has 2 rings (SSSR count). The molecule has 1 amide bonds. The number of carbonyl (C=O) groups is 3. The van der Waals surface area contributed by atoms with E-state index in [1.54, 1.807) is 24.3 Å². The molecule has 25 heavy (non-hydrogen) atoms. The maximum Gasteiger partial charge on any atom is 0.335 e. The fourth-order valence-corrected chi connectivity index (χ4v) is 2.17. The maximum absolute atomic E-state index is 12.2. The predicted molar refractivity (Wildman–Crippen MR) is 90.5 cm³/mol. The van der Waals surface area contributed by atoms with Crippen LogP contribution >= 0.6 is 11.6 Å². The zero-order valence-corrected chi connectivity index (χ0v) is 13.8. The first-order valence-electron chi connectivity index (χ1n) is 7.11. The summed E-state index contributed by atoms with van der Waals surface area (Å²) in [6, 6.07) is 9.83. The zero-order valence-electron chi connectivity index (χ0n) is 13.0. The summed E-state index contributed by atoms with van der Waals surface area (Å²) in [5, 5.41) is 21.0. The number of amides is 1. The quantitative estimate of drug-likeness (QED) is 0.726. The van der Waals surface area contributed by atoms with Gasteiger partial charge in [-0.3, -0.25) is 4.79 Å². The number of rotatable bonds is 6. The van der Waals surface area contributed by atoms with Gasteiger partial charge >= 0.3 is 11.9 Å². The summed E-state index contributed by atoms with van der Waals surface area (Å²) >= 11 is 5.84. The van der Waals surface area contributed by atoms with E-state index in [1.165, 1.54) is 19.1 Å². The Morgan fingerprint density at radius 1 is 1.04 bits per heavy atom. The molecule has 0 radical (unpaired) electrons. The molecule has 0 aromatic heterocycles. The molecular formula is C17H14ClNO6. The van der Waals surface area contributed by atoms with Gasteiger partial charge < -0.3 is 20.3 Å². The van der Waals surface area contributed by atoms with E-state index in [0.717, 1.165) is 6.07 Å². The Hall–Kier alpha value is -3.06. The lowest BCUT2D eigenvalue weighted by atomic mass is 10.1. The summed E-state index contributed by atoms with van der Waals surface area (Å²) in [7, 11) is 0. The van der Waals surface area contributed by atoms with Crippen LogP contribution in [0.4, 0.5) is 5.69 Å². The Balaban J connectivity index is 2.16. The van der Waals surface area contributed by atoms with Crippen LogP contribution in [0.15, 0.2) is 42.5 Å². The van der Waals surface area contributed by atoms with Crippen LogP contribution in [0, 0.1) is 0 Å². The van der Waals surface area contributed by atoms with Crippen LogP contribution in [-0.2, 0) is 4.79 Å². The van der Waals surface area contributed by atoms with E-state index in [0.29, 0.717) is 10.8 Å². The van der Waals surface area contributed by atoms with Crippen LogP contribution in [0.1, 0.15) is 27.6 Å². The summed E-state index contributed by atoms with van der Waals surface area (Å²) in [6.45, 7) is 1.50. The van der Waals surface area contributed by atoms with Crippen molar-refractivity contribution in [3.05, 3.63) is 58.6 Å². The molecule has 8 heteroatoms. The van der Waals surface area contributed by atoms with E-state index < -0.39 is 23.9 Å². The van der Waals surface area contributed by atoms with Gasteiger partial charge in [-0.25, -0.2) is 9.59 Å². The molecule has 0 aliphatic carbocycles. The normalized spacial score (nSPS) is 11.4. The fraction of sp³-hybridized carbons (Fsp3) is 0.118. The summed E-state index contributed by atoms with van der Waals surface area (Å²) in [6.07, 6.45) is -0.916. The van der Waals surface area contributed by atoms with Crippen LogP contribution in [0.25, 0.3) is 0 Å². The number of carbonyl (C=O) groups excluding carboxylic acids is 1. The second-order valence-electron chi connectivity index (χ2n) is 5.12. The Morgan fingerprint density at radius 3 is 2.16 bits per heavy atom. The van der Waals surface area contributed by atoms with Crippen molar-refractivity contribution in [3.63, 3.8) is 0 Å². The highest BCUT2D eigenvalue weighted by atomic mass is 35.5. The minimum Gasteiger partial charge on any atom is -0.481 e. The highest BCUT2D eigenvalue weighted by Crippen LogP contribution is 2.20. The van der Waals surface area contributed by atoms with Crippen LogP contribution < -0.4 is 10.1 Å². The molecule has 130 valence electrons. The third-order valence-corrected chi connectivity index (χ3v) is 3.41. The van der Waals surface area contributed by atoms with Crippen molar-refractivity contribution >= 4 is 35.1 Å². The molecule has 0 aliphatic heterocycles. The molecule has 1 atom stereocenters. The lowest BCUT2D eigenvalue weighted by molar-refractivity contribution is -0.122. The number of aromatic carboxylic acids is 2. The number of carboxylic acid groups (broad SMARTS) is 2. The summed E-state index contributed by atoms with van der Waals surface area (Å²) < 4.78 is 5.46. The van der Waals surface area contributed by atoms with Crippen molar-refractivity contribution in [2.75, 3.05) is 5.32 Å². The SMILES string of the molecule is C[C@@H](Oc1cccc(Cl)c1)C(=O)Nc1cc(C(=O)O)cc(C(=O)O)c1. The third-order valence-electron chi connectivity index (χ3n) is 3.17. The van der Waals surface area contributed by atoms with Crippen molar-refractivity contribution < 1.29 is 29.3 Å². The topological polar surface area (TPSA) is 113 Å². The van der Waals surface area contributed by atoms with Gasteiger partial charge in [0.1, 0.15) is 5.75 Å². The molecule has 2 aromatic carbocycles. The van der Waals surface area contributed by atoms with Gasteiger partial charge in [-0.15, -0.1) is 0 Å². The van der Waals surface area contributed by atoms with Gasteiger partial charge in [0.05, 0.1) is 11.1 Å². The fourth-order valence-electron chi connectivity index (χ4n) is 1.99. The first-order chi connectivity index (χ1) is 11.8. The van der Waals surface area contributed by atoms with Crippen molar-refractivity contribution in [2.24, 2.45) is 0 Å². The Morgan fingerprint density at radius 2 is 1.64 bits per heavy atom. The number of ether oxygens (including phenoxy) is 1. The molecule has 2 aromatic rings. The van der Waals surface area contributed by atoms with E-state index in [9.17, 15) is 14.4 Å². The average molecular weight is 364 g/mol. The van der Waals surface area contributed by atoms with Gasteiger partial charge in [-0.05, 0) is 43.3 Å². The molecule has 0 heterocycles. The Kier molecular flexibility index (Phi) is 5.61. The number of nitrogens with one attached hydrogen (secondary N) is 1. The van der Waals surface area contributed by atoms with E-state index in [1.807, 2.05) is 0 Å². The number of hydrogen-bond acceptors (Lipinski definition) is 4. The van der Waals surface area contributed by atoms with Gasteiger partial charge in [0.2, 0.25) is 0 Å². The second kappa shape index (κ2) is 7.67. The van der Waals surface area contributed by atoms with E-state index >= 15 is 0 Å². The van der Waals surface area contributed by atoms with Crippen LogP contribution in [0.3, 0.4) is 0 Å². The minimum absolute atomic E-state index is 0.0452. The minimum atomic E-state index is -1.30. The van der Waals surface area contributed by atoms with Gasteiger partial charge in [-0.2, -0.15) is 0 Å². The summed E-state index contributed by atoms with van der Waals surface area (Å²) in [5.41, 5.74) is -0.457. The molecule has 0 fully saturated rings. The number of benzene rings is 2. The number of carboxylic acids is 2. The molecule has 0 saturated heterocycles. The first-order valence-corrected chi connectivity index (χ1v) is 7.49. The molecule has 0 spiro atoms. The molecule has 7 nitrogen and oxygen atoms in total. The lowest BCUT2D eigenvalue weighted by Gasteiger charge is -2.15. The molecular weight excluding hydrogens is 350 g/mol. The van der Waals surface area contributed by atoms with E-state index in [-0.39, 0.29) is 16.8 Å². The van der Waals surface area contributed by atoms with Gasteiger partial charge in [0.25, 0.3) is 5.91 Å². The monoisotopic (exact) mass is 363 g/mol. The molecule has 0 saturated carbocycles. The molecule has 0 unspecified atom stereocenters. The third kappa shape index (κ3) is 4.95. The standard InChI is InChI=1S/C17H14ClNO6/c1-9(25-14-4-2-3-12(18)8-14)15(20)19-13-6-10(16(21)22)5-11(7-13)17(23)24/h2-9H,1H3,(H,19,20)(H,21,22)(H,23,24)/t9-/m1/s1. The number of hydrogen-bond donors (Lipinski definition) is 3. The number of anilines is 1. The zero-order chi connectivity index (χ0) is 18.6. The predicted octanol–water partition coefficient (Wildman–Crippen LogP) is 3.14. The largest absolute Gasteiger partial charge is 0.481 e. The average Bonchev–Trinajstić information content (AvgIpc) is 2.54. The van der Waals surface area contributed by atoms with Crippen molar-refractivity contribution in [1.29, 1.82) is 0 Å². The van der Waals surface area contributed by atoms with Crippen molar-refractivity contribution in [2.45, 2.75) is 13.0 Å². The van der Waals surface area contributed by atoms with Gasteiger partial charge in [-0.1, -0.05) is 17.7 Å². The maximum atomic E-state index is 12.2. The van der Waals surface area contributed by atoms with Crippen molar-refractivity contribution in [3.8, 4) is 5.75 Å². The van der Waals surface area contributed by atoms with Gasteiger partial charge in [0.15, 0.2) is 6.10 Å². The summed E-state index contributed by atoms with van der Waals surface area (Å²) in [4.78, 5) is 34.4.